The van der Waals surface area contributed by atoms with E-state index in [2.05, 4.69) is 20.6 Å². The van der Waals surface area contributed by atoms with Gasteiger partial charge in [-0.05, 0) is 24.6 Å². The molecule has 10 heteroatoms. The van der Waals surface area contributed by atoms with Crippen LogP contribution in [-0.4, -0.2) is 51.1 Å². The van der Waals surface area contributed by atoms with Crippen LogP contribution in [0.4, 0.5) is 13.2 Å². The van der Waals surface area contributed by atoms with Crippen LogP contribution in [-0.2, 0) is 17.8 Å². The highest BCUT2D eigenvalue weighted by molar-refractivity contribution is 5.79. The molecule has 0 fully saturated rings. The summed E-state index contributed by atoms with van der Waals surface area (Å²) in [5.41, 5.74) is 2.22. The molecule has 1 heterocycles. The third-order valence-electron chi connectivity index (χ3n) is 4.11. The van der Waals surface area contributed by atoms with Crippen LogP contribution < -0.4 is 20.1 Å². The van der Waals surface area contributed by atoms with Crippen LogP contribution in [0.2, 0.25) is 0 Å². The number of nitrogens with one attached hydrogen (secondary N) is 2. The number of guanidine groups is 1. The number of halogens is 3. The van der Waals surface area contributed by atoms with E-state index in [1.807, 2.05) is 12.1 Å². The maximum atomic E-state index is 12.5. The lowest BCUT2D eigenvalue weighted by Crippen LogP contribution is -2.36. The number of ether oxygens (including phenoxy) is 3. The molecule has 0 aliphatic carbocycles. The number of benzene rings is 1. The number of hydrogen-bond acceptors (Lipinski definition) is 5. The minimum absolute atomic E-state index is 0.182. The Labute approximate surface area is 179 Å². The summed E-state index contributed by atoms with van der Waals surface area (Å²) in [5.74, 6) is 1.14. The molecule has 0 aliphatic rings. The van der Waals surface area contributed by atoms with Gasteiger partial charge in [-0.25, -0.2) is 4.98 Å². The number of methoxy groups -OCH3 is 1. The van der Waals surface area contributed by atoms with Crippen molar-refractivity contribution >= 4 is 5.96 Å². The second-order valence-corrected chi connectivity index (χ2v) is 6.60. The standard InChI is InChI=1S/C21H27F3N4O3/c1-15-6-7-16(18(11-15)31-14-21(22,23)24)12-27-20(25-2)28-13-17-5-4-8-26-19(17)30-10-9-29-3/h4-8,11H,9-10,12-14H2,1-3H3,(H2,25,27,28). The van der Waals surface area contributed by atoms with E-state index in [1.54, 1.807) is 45.5 Å². The van der Waals surface area contributed by atoms with Gasteiger partial charge in [-0.1, -0.05) is 18.2 Å². The molecule has 0 spiro atoms. The lowest BCUT2D eigenvalue weighted by atomic mass is 10.1. The van der Waals surface area contributed by atoms with E-state index < -0.39 is 12.8 Å². The van der Waals surface area contributed by atoms with Crippen LogP contribution in [0.1, 0.15) is 16.7 Å². The SMILES string of the molecule is CN=C(NCc1ccc(C)cc1OCC(F)(F)F)NCc1cccnc1OCCOC. The van der Waals surface area contributed by atoms with Gasteiger partial charge in [-0.3, -0.25) is 4.99 Å². The number of alkyl halides is 3. The van der Waals surface area contributed by atoms with Gasteiger partial charge in [-0.15, -0.1) is 0 Å². The van der Waals surface area contributed by atoms with E-state index in [0.29, 0.717) is 37.2 Å². The van der Waals surface area contributed by atoms with Crippen molar-refractivity contribution in [3.63, 3.8) is 0 Å². The third-order valence-corrected chi connectivity index (χ3v) is 4.11. The zero-order valence-corrected chi connectivity index (χ0v) is 17.8. The number of rotatable bonds is 10. The van der Waals surface area contributed by atoms with Crippen molar-refractivity contribution in [2.45, 2.75) is 26.2 Å². The van der Waals surface area contributed by atoms with Crippen molar-refractivity contribution in [2.24, 2.45) is 4.99 Å². The molecule has 7 nitrogen and oxygen atoms in total. The molecule has 2 rings (SSSR count). The highest BCUT2D eigenvalue weighted by Crippen LogP contribution is 2.23. The van der Waals surface area contributed by atoms with Gasteiger partial charge in [0, 0.05) is 44.6 Å². The summed E-state index contributed by atoms with van der Waals surface area (Å²) in [6.45, 7) is 1.89. The number of pyridine rings is 1. The molecule has 0 radical (unpaired) electrons. The van der Waals surface area contributed by atoms with Crippen molar-refractivity contribution < 1.29 is 27.4 Å². The fraction of sp³-hybridized carbons (Fsp3) is 0.429. The summed E-state index contributed by atoms with van der Waals surface area (Å²) < 4.78 is 53.2. The minimum Gasteiger partial charge on any atom is -0.484 e. The van der Waals surface area contributed by atoms with Gasteiger partial charge < -0.3 is 24.8 Å². The molecule has 31 heavy (non-hydrogen) atoms. The number of aryl methyl sites for hydroxylation is 1. The number of nitrogens with zero attached hydrogens (tertiary/aromatic N) is 2. The predicted molar refractivity (Wildman–Crippen MR) is 111 cm³/mol. The van der Waals surface area contributed by atoms with Crippen LogP contribution in [0.3, 0.4) is 0 Å². The topological polar surface area (TPSA) is 77.0 Å². The lowest BCUT2D eigenvalue weighted by molar-refractivity contribution is -0.153. The van der Waals surface area contributed by atoms with E-state index in [0.717, 1.165) is 11.1 Å². The molecule has 0 saturated heterocycles. The van der Waals surface area contributed by atoms with Crippen molar-refractivity contribution in [3.8, 4) is 11.6 Å². The molecule has 170 valence electrons. The summed E-state index contributed by atoms with van der Waals surface area (Å²) in [4.78, 5) is 8.37. The molecule has 0 saturated carbocycles. The zero-order valence-electron chi connectivity index (χ0n) is 17.8. The van der Waals surface area contributed by atoms with Gasteiger partial charge in [0.2, 0.25) is 5.88 Å². The maximum absolute atomic E-state index is 12.5. The predicted octanol–water partition coefficient (Wildman–Crippen LogP) is 3.22. The molecule has 0 amide bonds. The second kappa shape index (κ2) is 12.0. The Hall–Kier alpha value is -3.01. The van der Waals surface area contributed by atoms with Crippen LogP contribution >= 0.6 is 0 Å². The normalized spacial score (nSPS) is 11.9. The molecule has 1 aromatic carbocycles. The largest absolute Gasteiger partial charge is 0.484 e. The summed E-state index contributed by atoms with van der Waals surface area (Å²) in [6, 6.07) is 8.79. The van der Waals surface area contributed by atoms with Crippen LogP contribution in [0, 0.1) is 6.92 Å². The minimum atomic E-state index is -4.40. The first-order chi connectivity index (χ1) is 14.8. The Morgan fingerprint density at radius 1 is 1.06 bits per heavy atom. The van der Waals surface area contributed by atoms with Crippen molar-refractivity contribution in [2.75, 3.05) is 34.0 Å². The molecule has 2 N–H and O–H groups in total. The average Bonchev–Trinajstić information content (AvgIpc) is 2.74. The number of aliphatic imine (C=N–C) groups is 1. The summed E-state index contributed by atoms with van der Waals surface area (Å²) in [5, 5.41) is 6.22. The van der Waals surface area contributed by atoms with E-state index in [-0.39, 0.29) is 12.3 Å². The number of aromatic nitrogens is 1. The summed E-state index contributed by atoms with van der Waals surface area (Å²) in [6.07, 6.45) is -2.77. The monoisotopic (exact) mass is 440 g/mol. The van der Waals surface area contributed by atoms with Gasteiger partial charge in [0.25, 0.3) is 0 Å². The van der Waals surface area contributed by atoms with Crippen LogP contribution in [0.5, 0.6) is 11.6 Å². The summed E-state index contributed by atoms with van der Waals surface area (Å²) in [7, 11) is 3.19. The Balaban J connectivity index is 1.97. The molecule has 0 aliphatic heterocycles. The van der Waals surface area contributed by atoms with E-state index >= 15 is 0 Å². The average molecular weight is 440 g/mol. The van der Waals surface area contributed by atoms with Gasteiger partial charge in [-0.2, -0.15) is 13.2 Å². The lowest BCUT2D eigenvalue weighted by Gasteiger charge is -2.17. The second-order valence-electron chi connectivity index (χ2n) is 6.60. The first kappa shape index (κ1) is 24.3. The van der Waals surface area contributed by atoms with Gasteiger partial charge in [0.1, 0.15) is 12.4 Å². The smallest absolute Gasteiger partial charge is 0.422 e. The quantitative estimate of drug-likeness (QED) is 0.336. The highest BCUT2D eigenvalue weighted by Gasteiger charge is 2.28. The Bertz CT molecular complexity index is 860. The maximum Gasteiger partial charge on any atom is 0.422 e. The van der Waals surface area contributed by atoms with Gasteiger partial charge in [0.05, 0.1) is 6.61 Å². The van der Waals surface area contributed by atoms with Crippen molar-refractivity contribution in [3.05, 3.63) is 53.2 Å². The number of hydrogen-bond donors (Lipinski definition) is 2. The van der Waals surface area contributed by atoms with E-state index in [4.69, 9.17) is 14.2 Å². The Morgan fingerprint density at radius 3 is 2.48 bits per heavy atom. The van der Waals surface area contributed by atoms with Gasteiger partial charge >= 0.3 is 6.18 Å². The molecular formula is C21H27F3N4O3. The molecule has 2 aromatic rings. The fourth-order valence-electron chi connectivity index (χ4n) is 2.59. The molecule has 0 unspecified atom stereocenters. The summed E-state index contributed by atoms with van der Waals surface area (Å²) >= 11 is 0. The molecule has 0 atom stereocenters. The van der Waals surface area contributed by atoms with E-state index in [9.17, 15) is 13.2 Å². The fourth-order valence-corrected chi connectivity index (χ4v) is 2.59. The third kappa shape index (κ3) is 8.71. The molecule has 0 bridgehead atoms. The van der Waals surface area contributed by atoms with Crippen LogP contribution in [0.15, 0.2) is 41.5 Å². The van der Waals surface area contributed by atoms with Crippen LogP contribution in [0.25, 0.3) is 0 Å². The first-order valence-electron chi connectivity index (χ1n) is 9.61. The Morgan fingerprint density at radius 2 is 1.81 bits per heavy atom. The van der Waals surface area contributed by atoms with E-state index in [1.165, 1.54) is 0 Å². The Kier molecular flexibility index (Phi) is 9.39. The van der Waals surface area contributed by atoms with Gasteiger partial charge in [0.15, 0.2) is 12.6 Å². The van der Waals surface area contributed by atoms with Crippen molar-refractivity contribution in [1.82, 2.24) is 15.6 Å². The first-order valence-corrected chi connectivity index (χ1v) is 9.61. The zero-order chi connectivity index (χ0) is 22.7. The molecular weight excluding hydrogens is 413 g/mol. The molecule has 1 aromatic heterocycles. The highest BCUT2D eigenvalue weighted by atomic mass is 19.4. The van der Waals surface area contributed by atoms with Crippen molar-refractivity contribution in [1.29, 1.82) is 0 Å².